The van der Waals surface area contributed by atoms with Crippen molar-refractivity contribution in [3.8, 4) is 0 Å². The number of carbonyl (C=O) groups excluding carboxylic acids is 2. The fraction of sp³-hybridized carbons (Fsp3) is 0.647. The molecule has 27 heavy (non-hydrogen) atoms. The molecular weight excluding hydrogens is 364 g/mol. The highest BCUT2D eigenvalue weighted by Crippen LogP contribution is 2.19. The van der Waals surface area contributed by atoms with Gasteiger partial charge < -0.3 is 29.2 Å². The van der Waals surface area contributed by atoms with Crippen molar-refractivity contribution in [1.29, 1.82) is 0 Å². The van der Waals surface area contributed by atoms with Crippen molar-refractivity contribution in [2.24, 2.45) is 0 Å². The molecule has 0 rings (SSSR count). The van der Waals surface area contributed by atoms with Crippen molar-refractivity contribution in [2.75, 3.05) is 39.6 Å². The number of carboxylic acids is 2. The molecule has 154 valence electrons. The molecule has 0 heterocycles. The van der Waals surface area contributed by atoms with Crippen LogP contribution >= 0.6 is 0 Å². The van der Waals surface area contributed by atoms with Gasteiger partial charge in [-0.2, -0.15) is 0 Å². The van der Waals surface area contributed by atoms with E-state index in [1.807, 2.05) is 0 Å². The molecule has 0 aliphatic heterocycles. The second-order valence-corrected chi connectivity index (χ2v) is 5.15. The lowest BCUT2D eigenvalue weighted by atomic mass is 9.99. The van der Waals surface area contributed by atoms with Crippen LogP contribution < -0.4 is 0 Å². The number of aliphatic carboxylic acids is 2. The highest BCUT2D eigenvalue weighted by molar-refractivity contribution is 5.95. The molecular formula is C17H26O10. The molecule has 0 spiro atoms. The minimum atomic E-state index is -1.53. The zero-order valence-corrected chi connectivity index (χ0v) is 15.5. The Bertz CT molecular complexity index is 510. The van der Waals surface area contributed by atoms with Crippen LogP contribution in [0.15, 0.2) is 11.1 Å². The molecule has 0 atom stereocenters. The molecule has 0 saturated carbocycles. The van der Waals surface area contributed by atoms with Crippen LogP contribution in [-0.2, 0) is 38.1 Å². The molecule has 0 fully saturated rings. The SMILES string of the molecule is CCOCCOC(=O)CC(CC(=O)OCCOCC)=C(CC(=O)O)C(=O)O. The lowest BCUT2D eigenvalue weighted by Gasteiger charge is -2.12. The number of hydrogen-bond acceptors (Lipinski definition) is 8. The molecule has 0 amide bonds. The quantitative estimate of drug-likeness (QED) is 0.234. The third-order valence-corrected chi connectivity index (χ3v) is 3.12. The number of rotatable bonds is 15. The predicted octanol–water partition coefficient (Wildman–Crippen LogP) is 0.782. The Labute approximate surface area is 157 Å². The predicted molar refractivity (Wildman–Crippen MR) is 91.1 cm³/mol. The fourth-order valence-corrected chi connectivity index (χ4v) is 1.95. The van der Waals surface area contributed by atoms with Crippen LogP contribution in [0.5, 0.6) is 0 Å². The smallest absolute Gasteiger partial charge is 0.332 e. The molecule has 0 bridgehead atoms. The summed E-state index contributed by atoms with van der Waals surface area (Å²) in [6.45, 7) is 4.68. The Hall–Kier alpha value is -2.46. The van der Waals surface area contributed by atoms with Crippen LogP contribution in [-0.4, -0.2) is 73.7 Å². The summed E-state index contributed by atoms with van der Waals surface area (Å²) < 4.78 is 19.8. The van der Waals surface area contributed by atoms with Crippen LogP contribution in [0.3, 0.4) is 0 Å². The van der Waals surface area contributed by atoms with Gasteiger partial charge in [0.25, 0.3) is 0 Å². The van der Waals surface area contributed by atoms with Gasteiger partial charge in [-0.3, -0.25) is 14.4 Å². The summed E-state index contributed by atoms with van der Waals surface area (Å²) in [5, 5.41) is 18.1. The summed E-state index contributed by atoms with van der Waals surface area (Å²) in [4.78, 5) is 46.1. The van der Waals surface area contributed by atoms with Crippen molar-refractivity contribution < 1.29 is 48.3 Å². The second-order valence-electron chi connectivity index (χ2n) is 5.15. The van der Waals surface area contributed by atoms with E-state index in [1.54, 1.807) is 13.8 Å². The lowest BCUT2D eigenvalue weighted by molar-refractivity contribution is -0.145. The first-order chi connectivity index (χ1) is 12.8. The summed E-state index contributed by atoms with van der Waals surface area (Å²) in [7, 11) is 0. The number of hydrogen-bond donors (Lipinski definition) is 2. The maximum atomic E-state index is 11.9. The monoisotopic (exact) mass is 390 g/mol. The van der Waals surface area contributed by atoms with Crippen LogP contribution in [0.25, 0.3) is 0 Å². The Morgan fingerprint density at radius 2 is 1.15 bits per heavy atom. The average Bonchev–Trinajstić information content (AvgIpc) is 2.59. The maximum Gasteiger partial charge on any atom is 0.332 e. The van der Waals surface area contributed by atoms with Gasteiger partial charge >= 0.3 is 23.9 Å². The molecule has 0 aliphatic carbocycles. The molecule has 0 saturated heterocycles. The zero-order valence-electron chi connectivity index (χ0n) is 15.5. The van der Waals surface area contributed by atoms with Gasteiger partial charge in [0.2, 0.25) is 0 Å². The minimum absolute atomic E-state index is 0.0416. The van der Waals surface area contributed by atoms with Crippen LogP contribution in [0.4, 0.5) is 0 Å². The lowest BCUT2D eigenvalue weighted by Crippen LogP contribution is -2.18. The van der Waals surface area contributed by atoms with Crippen LogP contribution in [0, 0.1) is 0 Å². The number of carbonyl (C=O) groups is 4. The first kappa shape index (κ1) is 24.5. The van der Waals surface area contributed by atoms with E-state index in [0.29, 0.717) is 13.2 Å². The van der Waals surface area contributed by atoms with Gasteiger partial charge in [0, 0.05) is 18.8 Å². The largest absolute Gasteiger partial charge is 0.481 e. The summed E-state index contributed by atoms with van der Waals surface area (Å²) in [5.41, 5.74) is -0.723. The van der Waals surface area contributed by atoms with Gasteiger partial charge in [-0.05, 0) is 19.4 Å². The molecule has 0 unspecified atom stereocenters. The summed E-state index contributed by atoms with van der Waals surface area (Å²) in [5.74, 6) is -4.53. The van der Waals surface area contributed by atoms with Crippen molar-refractivity contribution >= 4 is 23.9 Å². The molecule has 2 N–H and O–H groups in total. The van der Waals surface area contributed by atoms with Gasteiger partial charge in [-0.25, -0.2) is 4.79 Å². The van der Waals surface area contributed by atoms with Crippen LogP contribution in [0.2, 0.25) is 0 Å². The van der Waals surface area contributed by atoms with E-state index in [4.69, 9.17) is 24.1 Å². The van der Waals surface area contributed by atoms with Crippen molar-refractivity contribution in [2.45, 2.75) is 33.1 Å². The molecule has 0 radical (unpaired) electrons. The van der Waals surface area contributed by atoms with Crippen molar-refractivity contribution in [3.05, 3.63) is 11.1 Å². The fourth-order valence-electron chi connectivity index (χ4n) is 1.95. The van der Waals surface area contributed by atoms with E-state index in [0.717, 1.165) is 0 Å². The van der Waals surface area contributed by atoms with Gasteiger partial charge in [-0.15, -0.1) is 0 Å². The molecule has 0 aromatic heterocycles. The second kappa shape index (κ2) is 14.7. The topological polar surface area (TPSA) is 146 Å². The van der Waals surface area contributed by atoms with Gasteiger partial charge in [-0.1, -0.05) is 0 Å². The Balaban J connectivity index is 5.08. The third-order valence-electron chi connectivity index (χ3n) is 3.12. The first-order valence-electron chi connectivity index (χ1n) is 8.44. The van der Waals surface area contributed by atoms with E-state index in [-0.39, 0.29) is 32.0 Å². The highest BCUT2D eigenvalue weighted by atomic mass is 16.6. The summed E-state index contributed by atoms with van der Waals surface area (Å²) in [6, 6.07) is 0. The molecule has 0 aromatic carbocycles. The molecule has 0 aromatic rings. The Morgan fingerprint density at radius 3 is 1.48 bits per heavy atom. The number of carboxylic acid groups (broad SMARTS) is 2. The van der Waals surface area contributed by atoms with E-state index in [2.05, 4.69) is 0 Å². The van der Waals surface area contributed by atoms with E-state index >= 15 is 0 Å². The highest BCUT2D eigenvalue weighted by Gasteiger charge is 2.23. The summed E-state index contributed by atoms with van der Waals surface area (Å²) >= 11 is 0. The number of esters is 2. The number of ether oxygens (including phenoxy) is 4. The van der Waals surface area contributed by atoms with E-state index < -0.39 is 48.7 Å². The molecule has 10 heteroatoms. The normalized spacial score (nSPS) is 10.1. The first-order valence-corrected chi connectivity index (χ1v) is 8.44. The summed E-state index contributed by atoms with van der Waals surface area (Å²) in [6.07, 6.45) is -1.92. The van der Waals surface area contributed by atoms with Crippen LogP contribution in [0.1, 0.15) is 33.1 Å². The van der Waals surface area contributed by atoms with E-state index in [9.17, 15) is 24.3 Å². The minimum Gasteiger partial charge on any atom is -0.481 e. The molecule has 0 aliphatic rings. The van der Waals surface area contributed by atoms with Crippen molar-refractivity contribution in [3.63, 3.8) is 0 Å². The standard InChI is InChI=1S/C17H26O10/c1-3-24-5-7-26-15(20)9-12(13(17(22)23)11-14(18)19)10-16(21)27-8-6-25-4-2/h3-11H2,1-2H3,(H,18,19)(H,22,23). The van der Waals surface area contributed by atoms with Crippen molar-refractivity contribution in [1.82, 2.24) is 0 Å². The third kappa shape index (κ3) is 12.5. The molecule has 10 nitrogen and oxygen atoms in total. The van der Waals surface area contributed by atoms with E-state index in [1.165, 1.54) is 0 Å². The van der Waals surface area contributed by atoms with Gasteiger partial charge in [0.15, 0.2) is 0 Å². The maximum absolute atomic E-state index is 11.9. The Morgan fingerprint density at radius 1 is 0.704 bits per heavy atom. The Kier molecular flexibility index (Phi) is 13.3. The average molecular weight is 390 g/mol. The van der Waals surface area contributed by atoms with Gasteiger partial charge in [0.1, 0.15) is 13.2 Å². The zero-order chi connectivity index (χ0) is 20.7. The van der Waals surface area contributed by atoms with Gasteiger partial charge in [0.05, 0.1) is 32.5 Å².